The molecule has 46 heavy (non-hydrogen) atoms. The number of hydrogen-bond donors (Lipinski definition) is 2. The van der Waals surface area contributed by atoms with Crippen LogP contribution in [0.25, 0.3) is 22.8 Å². The zero-order chi connectivity index (χ0) is 33.4. The summed E-state index contributed by atoms with van der Waals surface area (Å²) in [6.45, 7) is -1.32. The van der Waals surface area contributed by atoms with Gasteiger partial charge >= 0.3 is 12.4 Å². The Morgan fingerprint density at radius 1 is 0.761 bits per heavy atom. The highest BCUT2D eigenvalue weighted by Gasteiger charge is 2.35. The molecule has 2 N–H and O–H groups in total. The van der Waals surface area contributed by atoms with Crippen LogP contribution in [0.5, 0.6) is 11.5 Å². The van der Waals surface area contributed by atoms with Gasteiger partial charge in [0.15, 0.2) is 17.4 Å². The van der Waals surface area contributed by atoms with Crippen molar-refractivity contribution in [2.75, 3.05) is 5.32 Å². The van der Waals surface area contributed by atoms with Crippen LogP contribution in [0.3, 0.4) is 0 Å². The molecule has 0 unspecified atom stereocenters. The summed E-state index contributed by atoms with van der Waals surface area (Å²) in [5, 5.41) is 15.9. The normalized spacial score (nSPS) is 12.0. The molecule has 0 bridgehead atoms. The maximum atomic E-state index is 14.4. The molecule has 5 rings (SSSR count). The minimum atomic E-state index is -4.93. The first-order valence-electron chi connectivity index (χ1n) is 12.8. The van der Waals surface area contributed by atoms with E-state index < -0.39 is 88.2 Å². The van der Waals surface area contributed by atoms with E-state index in [1.807, 2.05) is 0 Å². The highest BCUT2D eigenvalue weighted by Crippen LogP contribution is 2.37. The molecule has 0 aliphatic rings. The molecule has 0 saturated carbocycles. The van der Waals surface area contributed by atoms with Crippen LogP contribution in [-0.2, 0) is 25.5 Å². The number of halogens is 10. The molecule has 0 atom stereocenters. The Balaban J connectivity index is 1.50. The number of rotatable bonds is 8. The van der Waals surface area contributed by atoms with Crippen LogP contribution >= 0.6 is 0 Å². The van der Waals surface area contributed by atoms with Crippen LogP contribution in [0.2, 0.25) is 0 Å². The van der Waals surface area contributed by atoms with Crippen molar-refractivity contribution in [3.8, 4) is 34.3 Å². The molecule has 6 nitrogen and oxygen atoms in total. The number of phenolic OH excluding ortho intramolecular Hbond substituents is 1. The average molecular weight is 657 g/mol. The third-order valence-electron chi connectivity index (χ3n) is 6.57. The van der Waals surface area contributed by atoms with E-state index in [9.17, 15) is 49.0 Å². The van der Waals surface area contributed by atoms with E-state index in [1.165, 1.54) is 18.2 Å². The fourth-order valence-electron chi connectivity index (χ4n) is 4.34. The highest BCUT2D eigenvalue weighted by atomic mass is 19.4. The van der Waals surface area contributed by atoms with E-state index in [0.29, 0.717) is 6.07 Å². The van der Waals surface area contributed by atoms with Crippen molar-refractivity contribution in [1.82, 2.24) is 10.1 Å². The number of benzene rings is 4. The molecular formula is C30H17F10N3O3. The molecule has 0 amide bonds. The maximum absolute atomic E-state index is 14.4. The lowest BCUT2D eigenvalue weighted by molar-refractivity contribution is -0.139. The SMILES string of the molecule is Oc1c(F)ccc(-c2nc(-c3ccc(OCc4ccc(F)cc4C(F)(F)F)c(NCc4ccc(F)cc4C(F)(F)F)c3)no2)c1F. The zero-order valence-corrected chi connectivity index (χ0v) is 22.7. The van der Waals surface area contributed by atoms with Gasteiger partial charge in [0.1, 0.15) is 24.0 Å². The van der Waals surface area contributed by atoms with Gasteiger partial charge in [-0.1, -0.05) is 17.3 Å². The van der Waals surface area contributed by atoms with Gasteiger partial charge in [0.05, 0.1) is 22.4 Å². The lowest BCUT2D eigenvalue weighted by atomic mass is 10.1. The van der Waals surface area contributed by atoms with Crippen molar-refractivity contribution in [3.63, 3.8) is 0 Å². The van der Waals surface area contributed by atoms with Crippen molar-refractivity contribution in [1.29, 1.82) is 0 Å². The number of anilines is 1. The summed E-state index contributed by atoms with van der Waals surface area (Å²) in [5.74, 6) is -7.07. The molecule has 0 aliphatic carbocycles. The lowest BCUT2D eigenvalue weighted by Gasteiger charge is -2.18. The predicted molar refractivity (Wildman–Crippen MR) is 141 cm³/mol. The molecule has 1 heterocycles. The van der Waals surface area contributed by atoms with Crippen molar-refractivity contribution in [3.05, 3.63) is 112 Å². The number of phenols is 1. The van der Waals surface area contributed by atoms with Crippen molar-refractivity contribution >= 4 is 5.69 Å². The van der Waals surface area contributed by atoms with Crippen LogP contribution < -0.4 is 10.1 Å². The number of nitrogens with zero attached hydrogens (tertiary/aromatic N) is 2. The molecule has 0 radical (unpaired) electrons. The summed E-state index contributed by atoms with van der Waals surface area (Å²) in [7, 11) is 0. The van der Waals surface area contributed by atoms with Crippen LogP contribution in [0.15, 0.2) is 71.3 Å². The number of ether oxygens (including phenoxy) is 1. The zero-order valence-electron chi connectivity index (χ0n) is 22.7. The first-order chi connectivity index (χ1) is 21.6. The Morgan fingerprint density at radius 2 is 1.39 bits per heavy atom. The summed E-state index contributed by atoms with van der Waals surface area (Å²) in [4.78, 5) is 4.00. The van der Waals surface area contributed by atoms with Crippen LogP contribution in [0.1, 0.15) is 22.3 Å². The van der Waals surface area contributed by atoms with Gasteiger partial charge in [0.2, 0.25) is 5.82 Å². The number of aromatic nitrogens is 2. The number of nitrogens with one attached hydrogen (secondary N) is 1. The highest BCUT2D eigenvalue weighted by molar-refractivity contribution is 5.69. The lowest BCUT2D eigenvalue weighted by Crippen LogP contribution is -2.13. The van der Waals surface area contributed by atoms with E-state index in [1.54, 1.807) is 0 Å². The molecule has 5 aromatic rings. The monoisotopic (exact) mass is 657 g/mol. The number of alkyl halides is 6. The van der Waals surface area contributed by atoms with Gasteiger partial charge in [0.25, 0.3) is 5.89 Å². The van der Waals surface area contributed by atoms with Gasteiger partial charge in [0, 0.05) is 17.7 Å². The fourth-order valence-corrected chi connectivity index (χ4v) is 4.34. The van der Waals surface area contributed by atoms with E-state index in [-0.39, 0.29) is 28.9 Å². The maximum Gasteiger partial charge on any atom is 0.416 e. The number of aromatic hydroxyl groups is 1. The van der Waals surface area contributed by atoms with E-state index in [4.69, 9.17) is 9.26 Å². The summed E-state index contributed by atoms with van der Waals surface area (Å²) < 4.78 is 147. The van der Waals surface area contributed by atoms with Gasteiger partial charge in [-0.2, -0.15) is 31.3 Å². The molecule has 240 valence electrons. The Bertz CT molecular complexity index is 1900. The molecule has 1 aromatic heterocycles. The fraction of sp³-hybridized carbons (Fsp3) is 0.133. The smallest absolute Gasteiger partial charge is 0.416 e. The Hall–Kier alpha value is -5.28. The van der Waals surface area contributed by atoms with E-state index >= 15 is 0 Å². The molecule has 4 aromatic carbocycles. The Morgan fingerprint density at radius 3 is 2.04 bits per heavy atom. The van der Waals surface area contributed by atoms with Crippen LogP contribution in [-0.4, -0.2) is 15.2 Å². The molecule has 0 spiro atoms. The summed E-state index contributed by atoms with van der Waals surface area (Å²) >= 11 is 0. The summed E-state index contributed by atoms with van der Waals surface area (Å²) in [5.41, 5.74) is -3.89. The van der Waals surface area contributed by atoms with Crippen molar-refractivity contribution < 1.29 is 58.3 Å². The third kappa shape index (κ3) is 6.84. The van der Waals surface area contributed by atoms with Gasteiger partial charge < -0.3 is 19.7 Å². The van der Waals surface area contributed by atoms with Gasteiger partial charge in [-0.15, -0.1) is 0 Å². The first kappa shape index (κ1) is 32.1. The number of hydrogen-bond acceptors (Lipinski definition) is 6. The summed E-state index contributed by atoms with van der Waals surface area (Å²) in [6.07, 6.45) is -9.86. The Kier molecular flexibility index (Phi) is 8.56. The molecule has 0 fully saturated rings. The average Bonchev–Trinajstić information content (AvgIpc) is 3.48. The van der Waals surface area contributed by atoms with Crippen LogP contribution in [0, 0.1) is 23.3 Å². The summed E-state index contributed by atoms with van der Waals surface area (Å²) in [6, 6.07) is 9.35. The largest absolute Gasteiger partial charge is 0.503 e. The van der Waals surface area contributed by atoms with Crippen molar-refractivity contribution in [2.24, 2.45) is 0 Å². The third-order valence-corrected chi connectivity index (χ3v) is 6.57. The molecular weight excluding hydrogens is 640 g/mol. The molecule has 16 heteroatoms. The second-order valence-corrected chi connectivity index (χ2v) is 9.63. The van der Waals surface area contributed by atoms with Gasteiger partial charge in [-0.25, -0.2) is 17.6 Å². The standard InChI is InChI=1S/C30H17F10N3O3/c31-17-4-1-15(20(10-17)29(35,36)37)12-41-23-9-14(27-42-28(46-43-27)19-6-7-22(33)26(44)25(19)34)3-8-24(23)45-13-16-2-5-18(32)11-21(16)30(38,39)40/h1-11,41,44H,12-13H2. The topological polar surface area (TPSA) is 80.4 Å². The molecule has 0 aliphatic heterocycles. The van der Waals surface area contributed by atoms with E-state index in [2.05, 4.69) is 15.5 Å². The first-order valence-corrected chi connectivity index (χ1v) is 12.8. The quantitative estimate of drug-likeness (QED) is 0.162. The Labute approximate surface area is 251 Å². The molecule has 0 saturated heterocycles. The minimum absolute atomic E-state index is 0.0875. The van der Waals surface area contributed by atoms with Crippen molar-refractivity contribution in [2.45, 2.75) is 25.5 Å². The minimum Gasteiger partial charge on any atom is -0.503 e. The van der Waals surface area contributed by atoms with Gasteiger partial charge in [-0.3, -0.25) is 0 Å². The predicted octanol–water partition coefficient (Wildman–Crippen LogP) is 8.89. The van der Waals surface area contributed by atoms with Gasteiger partial charge in [-0.05, 0) is 60.2 Å². The second-order valence-electron chi connectivity index (χ2n) is 9.63. The second kappa shape index (κ2) is 12.3. The van der Waals surface area contributed by atoms with E-state index in [0.717, 1.165) is 36.4 Å². The van der Waals surface area contributed by atoms with Crippen LogP contribution in [0.4, 0.5) is 49.6 Å².